The van der Waals surface area contributed by atoms with Gasteiger partial charge in [-0.05, 0) is 31.2 Å². The van der Waals surface area contributed by atoms with Gasteiger partial charge in [-0.2, -0.15) is 8.78 Å². The minimum atomic E-state index is -3.00. The van der Waals surface area contributed by atoms with Crippen LogP contribution in [-0.4, -0.2) is 60.4 Å². The molecule has 1 aliphatic rings. The highest BCUT2D eigenvalue weighted by Gasteiger charge is 2.29. The van der Waals surface area contributed by atoms with E-state index in [4.69, 9.17) is 0 Å². The van der Waals surface area contributed by atoms with Crippen molar-refractivity contribution in [2.75, 3.05) is 31.5 Å². The quantitative estimate of drug-likeness (QED) is 0.805. The Morgan fingerprint density at radius 1 is 0.966 bits per heavy atom. The van der Waals surface area contributed by atoms with Crippen LogP contribution in [0.1, 0.15) is 17.3 Å². The van der Waals surface area contributed by atoms with Crippen molar-refractivity contribution < 1.29 is 23.1 Å². The molecule has 8 heteroatoms. The van der Waals surface area contributed by atoms with E-state index in [2.05, 4.69) is 10.1 Å². The number of anilines is 1. The van der Waals surface area contributed by atoms with Gasteiger partial charge in [0, 0.05) is 31.9 Å². The smallest absolute Gasteiger partial charge is 0.387 e. The molecular formula is C21H23F2N3O3. The van der Waals surface area contributed by atoms with Crippen LogP contribution in [-0.2, 0) is 4.79 Å². The summed E-state index contributed by atoms with van der Waals surface area (Å²) in [4.78, 5) is 28.8. The zero-order valence-electron chi connectivity index (χ0n) is 16.1. The van der Waals surface area contributed by atoms with Crippen LogP contribution in [0.15, 0.2) is 54.6 Å². The summed E-state index contributed by atoms with van der Waals surface area (Å²) in [5, 5.41) is 2.88. The Labute approximate surface area is 168 Å². The minimum Gasteiger partial charge on any atom is -0.434 e. The number of carbonyl (C=O) groups excluding carboxylic acids is 2. The van der Waals surface area contributed by atoms with E-state index in [1.807, 2.05) is 42.2 Å². The van der Waals surface area contributed by atoms with Crippen molar-refractivity contribution in [3.8, 4) is 5.75 Å². The average Bonchev–Trinajstić information content (AvgIpc) is 2.73. The molecule has 1 saturated heterocycles. The lowest BCUT2D eigenvalue weighted by atomic mass is 10.1. The van der Waals surface area contributed by atoms with Crippen LogP contribution in [0.2, 0.25) is 0 Å². The molecular weight excluding hydrogens is 380 g/mol. The van der Waals surface area contributed by atoms with Crippen LogP contribution >= 0.6 is 0 Å². The summed E-state index contributed by atoms with van der Waals surface area (Å²) < 4.78 is 29.6. The SMILES string of the molecule is CC(C(=O)Nc1ccccc1)N1CCN(C(=O)c2ccccc2OC(F)F)CC1. The number of hydrogen-bond donors (Lipinski definition) is 1. The molecule has 0 bridgehead atoms. The van der Waals surface area contributed by atoms with Gasteiger partial charge in [0.05, 0.1) is 11.6 Å². The molecule has 2 amide bonds. The Bertz CT molecular complexity index is 840. The van der Waals surface area contributed by atoms with Crippen LogP contribution in [0, 0.1) is 0 Å². The monoisotopic (exact) mass is 403 g/mol. The van der Waals surface area contributed by atoms with Crippen LogP contribution < -0.4 is 10.1 Å². The number of nitrogens with one attached hydrogen (secondary N) is 1. The summed E-state index contributed by atoms with van der Waals surface area (Å²) in [6.45, 7) is 0.627. The van der Waals surface area contributed by atoms with E-state index in [0.717, 1.165) is 5.69 Å². The number of amides is 2. The van der Waals surface area contributed by atoms with E-state index >= 15 is 0 Å². The standard InChI is InChI=1S/C21H23F2N3O3/c1-15(19(27)24-16-7-3-2-4-8-16)25-11-13-26(14-12-25)20(28)17-9-5-6-10-18(17)29-21(22)23/h2-10,15,21H,11-14H2,1H3,(H,24,27). The lowest BCUT2D eigenvalue weighted by molar-refractivity contribution is -0.121. The Hall–Kier alpha value is -3.00. The normalized spacial score (nSPS) is 15.8. The maximum Gasteiger partial charge on any atom is 0.387 e. The van der Waals surface area contributed by atoms with Crippen LogP contribution in [0.4, 0.5) is 14.5 Å². The predicted octanol–water partition coefficient (Wildman–Crippen LogP) is 3.07. The zero-order chi connectivity index (χ0) is 20.8. The fourth-order valence-corrected chi connectivity index (χ4v) is 3.26. The first-order valence-corrected chi connectivity index (χ1v) is 9.39. The van der Waals surface area contributed by atoms with Gasteiger partial charge >= 0.3 is 6.61 Å². The Balaban J connectivity index is 1.57. The molecule has 154 valence electrons. The molecule has 6 nitrogen and oxygen atoms in total. The molecule has 0 spiro atoms. The Kier molecular flexibility index (Phi) is 6.77. The minimum absolute atomic E-state index is 0.108. The molecule has 1 atom stereocenters. The second-order valence-electron chi connectivity index (χ2n) is 6.73. The van der Waals surface area contributed by atoms with Crippen LogP contribution in [0.3, 0.4) is 0 Å². The molecule has 1 unspecified atom stereocenters. The van der Waals surface area contributed by atoms with E-state index in [9.17, 15) is 18.4 Å². The van der Waals surface area contributed by atoms with Crippen LogP contribution in [0.5, 0.6) is 5.75 Å². The van der Waals surface area contributed by atoms with E-state index in [-0.39, 0.29) is 29.2 Å². The maximum absolute atomic E-state index is 12.8. The number of alkyl halides is 2. The maximum atomic E-state index is 12.8. The molecule has 1 heterocycles. The summed E-state index contributed by atoms with van der Waals surface area (Å²) in [7, 11) is 0. The number of rotatable bonds is 6. The highest BCUT2D eigenvalue weighted by atomic mass is 19.3. The summed E-state index contributed by atoms with van der Waals surface area (Å²) in [5.41, 5.74) is 0.838. The largest absolute Gasteiger partial charge is 0.434 e. The van der Waals surface area contributed by atoms with E-state index in [0.29, 0.717) is 26.2 Å². The molecule has 1 aliphatic heterocycles. The summed E-state index contributed by atoms with van der Waals surface area (Å²) in [6, 6.07) is 14.8. The van der Waals surface area contributed by atoms with Crippen LogP contribution in [0.25, 0.3) is 0 Å². The third-order valence-electron chi connectivity index (χ3n) is 4.90. The molecule has 1 N–H and O–H groups in total. The molecule has 0 aromatic heterocycles. The van der Waals surface area contributed by atoms with Crippen molar-refractivity contribution in [1.82, 2.24) is 9.80 Å². The first kappa shape index (κ1) is 20.7. The van der Waals surface area contributed by atoms with E-state index in [1.165, 1.54) is 12.1 Å². The van der Waals surface area contributed by atoms with Gasteiger partial charge in [0.2, 0.25) is 5.91 Å². The lowest BCUT2D eigenvalue weighted by Gasteiger charge is -2.37. The Morgan fingerprint density at radius 2 is 1.59 bits per heavy atom. The van der Waals surface area contributed by atoms with E-state index in [1.54, 1.807) is 17.0 Å². The van der Waals surface area contributed by atoms with Gasteiger partial charge in [0.25, 0.3) is 5.91 Å². The van der Waals surface area contributed by atoms with Crippen molar-refractivity contribution in [2.45, 2.75) is 19.6 Å². The number of piperazine rings is 1. The number of benzene rings is 2. The van der Waals surface area contributed by atoms with Gasteiger partial charge < -0.3 is 15.0 Å². The molecule has 3 rings (SSSR count). The molecule has 29 heavy (non-hydrogen) atoms. The van der Waals surface area contributed by atoms with Gasteiger partial charge in [-0.1, -0.05) is 30.3 Å². The van der Waals surface area contributed by atoms with Crippen molar-refractivity contribution in [3.63, 3.8) is 0 Å². The fourth-order valence-electron chi connectivity index (χ4n) is 3.26. The number of para-hydroxylation sites is 2. The second-order valence-corrected chi connectivity index (χ2v) is 6.73. The first-order chi connectivity index (χ1) is 14.0. The summed E-state index contributed by atoms with van der Waals surface area (Å²) >= 11 is 0. The average molecular weight is 403 g/mol. The van der Waals surface area contributed by atoms with Crippen molar-refractivity contribution in [1.29, 1.82) is 0 Å². The number of ether oxygens (including phenoxy) is 1. The van der Waals surface area contributed by atoms with Crippen molar-refractivity contribution >= 4 is 17.5 Å². The fraction of sp³-hybridized carbons (Fsp3) is 0.333. The molecule has 0 saturated carbocycles. The molecule has 2 aromatic carbocycles. The highest BCUT2D eigenvalue weighted by molar-refractivity contribution is 5.97. The van der Waals surface area contributed by atoms with E-state index < -0.39 is 6.61 Å². The van der Waals surface area contributed by atoms with Gasteiger partial charge in [-0.25, -0.2) is 0 Å². The number of halogens is 2. The van der Waals surface area contributed by atoms with Gasteiger partial charge in [0.15, 0.2) is 0 Å². The summed E-state index contributed by atoms with van der Waals surface area (Å²) in [6.07, 6.45) is 0. The second kappa shape index (κ2) is 9.47. The van der Waals surface area contributed by atoms with Gasteiger partial charge in [-0.15, -0.1) is 0 Å². The molecule has 2 aromatic rings. The predicted molar refractivity (Wildman–Crippen MR) is 105 cm³/mol. The van der Waals surface area contributed by atoms with Crippen molar-refractivity contribution in [2.24, 2.45) is 0 Å². The zero-order valence-corrected chi connectivity index (χ0v) is 16.1. The van der Waals surface area contributed by atoms with Gasteiger partial charge in [0.1, 0.15) is 5.75 Å². The summed E-state index contributed by atoms with van der Waals surface area (Å²) in [5.74, 6) is -0.612. The van der Waals surface area contributed by atoms with Gasteiger partial charge in [-0.3, -0.25) is 14.5 Å². The number of hydrogen-bond acceptors (Lipinski definition) is 4. The number of carbonyl (C=O) groups is 2. The highest BCUT2D eigenvalue weighted by Crippen LogP contribution is 2.23. The molecule has 0 aliphatic carbocycles. The lowest BCUT2D eigenvalue weighted by Crippen LogP contribution is -2.54. The topological polar surface area (TPSA) is 61.9 Å². The molecule has 1 fully saturated rings. The molecule has 0 radical (unpaired) electrons. The number of nitrogens with zero attached hydrogens (tertiary/aromatic N) is 2. The Morgan fingerprint density at radius 3 is 2.24 bits per heavy atom. The first-order valence-electron chi connectivity index (χ1n) is 9.39. The third-order valence-corrected chi connectivity index (χ3v) is 4.90. The van der Waals surface area contributed by atoms with Crippen molar-refractivity contribution in [3.05, 3.63) is 60.2 Å². The third kappa shape index (κ3) is 5.29.